The van der Waals surface area contributed by atoms with Gasteiger partial charge in [0.15, 0.2) is 0 Å². The summed E-state index contributed by atoms with van der Waals surface area (Å²) in [6, 6.07) is 12.5. The van der Waals surface area contributed by atoms with Crippen molar-refractivity contribution in [2.45, 2.75) is 13.1 Å². The fourth-order valence-corrected chi connectivity index (χ4v) is 4.45. The maximum atomic E-state index is 12.3. The maximum absolute atomic E-state index is 12.3. The number of carbonyl (C=O) groups is 1. The van der Waals surface area contributed by atoms with Crippen LogP contribution in [-0.4, -0.2) is 53.9 Å². The van der Waals surface area contributed by atoms with Gasteiger partial charge < -0.3 is 15.2 Å². The van der Waals surface area contributed by atoms with Gasteiger partial charge in [0.25, 0.3) is 5.91 Å². The van der Waals surface area contributed by atoms with Crippen LogP contribution in [-0.2, 0) is 13.1 Å². The lowest BCUT2D eigenvalue weighted by atomic mass is 10.0. The molecular weight excluding hydrogens is 372 g/mol. The zero-order valence-corrected chi connectivity index (χ0v) is 16.6. The van der Waals surface area contributed by atoms with Gasteiger partial charge in [-0.3, -0.25) is 9.69 Å². The average molecular weight is 395 g/mol. The standard InChI is InChI=1S/C22H23ClN4O/c1-26-6-8-27(9-7-26)13-14-2-5-19-15(10-14)11-20(25-19)16-3-4-18(23)17-12-24-22(28)21(16)17/h2-5,10-11,25H,6-9,12-13H2,1H3,(H,24,28). The van der Waals surface area contributed by atoms with Crippen molar-refractivity contribution in [1.29, 1.82) is 0 Å². The molecule has 0 spiro atoms. The van der Waals surface area contributed by atoms with Crippen molar-refractivity contribution in [3.63, 3.8) is 0 Å². The van der Waals surface area contributed by atoms with E-state index in [0.717, 1.165) is 55.1 Å². The summed E-state index contributed by atoms with van der Waals surface area (Å²) < 4.78 is 0. The monoisotopic (exact) mass is 394 g/mol. The van der Waals surface area contributed by atoms with Crippen LogP contribution in [0.1, 0.15) is 21.5 Å². The van der Waals surface area contributed by atoms with E-state index in [1.54, 1.807) is 0 Å². The quantitative estimate of drug-likeness (QED) is 0.715. The summed E-state index contributed by atoms with van der Waals surface area (Å²) in [7, 11) is 2.18. The number of hydrogen-bond donors (Lipinski definition) is 2. The third-order valence-electron chi connectivity index (χ3n) is 5.89. The summed E-state index contributed by atoms with van der Waals surface area (Å²) in [6.07, 6.45) is 0. The summed E-state index contributed by atoms with van der Waals surface area (Å²) in [5.74, 6) is -0.0538. The molecule has 0 saturated carbocycles. The molecule has 1 amide bonds. The molecule has 144 valence electrons. The Balaban J connectivity index is 1.47. The van der Waals surface area contributed by atoms with Gasteiger partial charge in [-0.25, -0.2) is 0 Å². The van der Waals surface area contributed by atoms with E-state index in [0.29, 0.717) is 17.1 Å². The van der Waals surface area contributed by atoms with E-state index in [4.69, 9.17) is 11.6 Å². The molecule has 0 atom stereocenters. The van der Waals surface area contributed by atoms with Crippen LogP contribution in [0.5, 0.6) is 0 Å². The minimum absolute atomic E-state index is 0.0538. The second kappa shape index (κ2) is 6.92. The van der Waals surface area contributed by atoms with Crippen LogP contribution in [0.4, 0.5) is 0 Å². The molecule has 2 aliphatic heterocycles. The molecule has 2 aromatic carbocycles. The van der Waals surface area contributed by atoms with E-state index in [1.165, 1.54) is 10.9 Å². The number of nitrogens with one attached hydrogen (secondary N) is 2. The zero-order chi connectivity index (χ0) is 19.3. The number of carbonyl (C=O) groups excluding carboxylic acids is 1. The molecule has 2 aliphatic rings. The molecule has 6 heteroatoms. The lowest BCUT2D eigenvalue weighted by molar-refractivity contribution is 0.0966. The van der Waals surface area contributed by atoms with Crippen LogP contribution < -0.4 is 5.32 Å². The van der Waals surface area contributed by atoms with Crippen molar-refractivity contribution < 1.29 is 4.79 Å². The number of rotatable bonds is 3. The summed E-state index contributed by atoms with van der Waals surface area (Å²) in [5, 5.41) is 4.69. The van der Waals surface area contributed by atoms with Crippen LogP contribution in [0.3, 0.4) is 0 Å². The van der Waals surface area contributed by atoms with E-state index in [1.807, 2.05) is 12.1 Å². The minimum Gasteiger partial charge on any atom is -0.355 e. The molecule has 0 radical (unpaired) electrons. The predicted molar refractivity (Wildman–Crippen MR) is 113 cm³/mol. The van der Waals surface area contributed by atoms with Gasteiger partial charge in [-0.05, 0) is 36.9 Å². The molecule has 2 N–H and O–H groups in total. The Kier molecular flexibility index (Phi) is 4.38. The van der Waals surface area contributed by atoms with E-state index < -0.39 is 0 Å². The van der Waals surface area contributed by atoms with Crippen molar-refractivity contribution in [2.75, 3.05) is 33.2 Å². The highest BCUT2D eigenvalue weighted by Gasteiger charge is 2.26. The Labute approximate surface area is 169 Å². The number of aromatic amines is 1. The molecule has 0 unspecified atom stereocenters. The Bertz CT molecular complexity index is 1070. The summed E-state index contributed by atoms with van der Waals surface area (Å²) in [4.78, 5) is 20.7. The summed E-state index contributed by atoms with van der Waals surface area (Å²) in [6.45, 7) is 5.94. The second-order valence-electron chi connectivity index (χ2n) is 7.82. The molecule has 3 aromatic rings. The SMILES string of the molecule is CN1CCN(Cc2ccc3[nH]c(-c4ccc(Cl)c5c4C(=O)NC5)cc3c2)CC1. The Morgan fingerprint density at radius 1 is 1.07 bits per heavy atom. The van der Waals surface area contributed by atoms with E-state index in [-0.39, 0.29) is 5.91 Å². The summed E-state index contributed by atoms with van der Waals surface area (Å²) in [5.41, 5.74) is 5.85. The summed E-state index contributed by atoms with van der Waals surface area (Å²) >= 11 is 6.29. The van der Waals surface area contributed by atoms with E-state index in [9.17, 15) is 4.79 Å². The van der Waals surface area contributed by atoms with E-state index >= 15 is 0 Å². The first kappa shape index (κ1) is 17.7. The fourth-order valence-electron chi connectivity index (χ4n) is 4.23. The highest BCUT2D eigenvalue weighted by atomic mass is 35.5. The fraction of sp³-hybridized carbons (Fsp3) is 0.318. The second-order valence-corrected chi connectivity index (χ2v) is 8.22. The molecule has 3 heterocycles. The van der Waals surface area contributed by atoms with E-state index in [2.05, 4.69) is 51.4 Å². The van der Waals surface area contributed by atoms with Crippen molar-refractivity contribution in [2.24, 2.45) is 0 Å². The van der Waals surface area contributed by atoms with Gasteiger partial charge in [-0.1, -0.05) is 23.7 Å². The number of amides is 1. The molecule has 0 bridgehead atoms. The van der Waals surface area contributed by atoms with Gasteiger partial charge in [0.1, 0.15) is 0 Å². The molecular formula is C22H23ClN4O. The highest BCUT2D eigenvalue weighted by molar-refractivity contribution is 6.32. The van der Waals surface area contributed by atoms with Gasteiger partial charge in [-0.15, -0.1) is 0 Å². The lowest BCUT2D eigenvalue weighted by Gasteiger charge is -2.32. The van der Waals surface area contributed by atoms with Crippen molar-refractivity contribution >= 4 is 28.4 Å². The number of hydrogen-bond acceptors (Lipinski definition) is 3. The number of fused-ring (bicyclic) bond motifs is 2. The molecule has 0 aliphatic carbocycles. The lowest BCUT2D eigenvalue weighted by Crippen LogP contribution is -2.43. The van der Waals surface area contributed by atoms with Crippen LogP contribution >= 0.6 is 11.6 Å². The molecule has 5 rings (SSSR count). The Morgan fingerprint density at radius 2 is 1.89 bits per heavy atom. The van der Waals surface area contributed by atoms with Gasteiger partial charge in [0.05, 0.1) is 5.56 Å². The third-order valence-corrected chi connectivity index (χ3v) is 6.24. The maximum Gasteiger partial charge on any atom is 0.252 e. The number of likely N-dealkylation sites (N-methyl/N-ethyl adjacent to an activating group) is 1. The number of nitrogens with zero attached hydrogens (tertiary/aromatic N) is 2. The molecule has 1 saturated heterocycles. The molecule has 5 nitrogen and oxygen atoms in total. The third kappa shape index (κ3) is 3.09. The predicted octanol–water partition coefficient (Wildman–Crippen LogP) is 3.48. The van der Waals surface area contributed by atoms with Crippen LogP contribution in [0.25, 0.3) is 22.2 Å². The van der Waals surface area contributed by atoms with Gasteiger partial charge >= 0.3 is 0 Å². The van der Waals surface area contributed by atoms with Crippen LogP contribution in [0.2, 0.25) is 5.02 Å². The normalized spacial score (nSPS) is 17.9. The number of halogens is 1. The van der Waals surface area contributed by atoms with Gasteiger partial charge in [-0.2, -0.15) is 0 Å². The number of H-pyrrole nitrogens is 1. The average Bonchev–Trinajstić information content (AvgIpc) is 3.28. The first-order chi connectivity index (χ1) is 13.6. The van der Waals surface area contributed by atoms with Gasteiger partial charge in [0.2, 0.25) is 0 Å². The molecule has 1 fully saturated rings. The van der Waals surface area contributed by atoms with Crippen LogP contribution in [0, 0.1) is 0 Å². The number of piperazine rings is 1. The zero-order valence-electron chi connectivity index (χ0n) is 15.9. The topological polar surface area (TPSA) is 51.4 Å². The van der Waals surface area contributed by atoms with Crippen molar-refractivity contribution in [3.05, 3.63) is 58.1 Å². The smallest absolute Gasteiger partial charge is 0.252 e. The Hall–Kier alpha value is -2.34. The first-order valence-corrected chi connectivity index (χ1v) is 10.1. The Morgan fingerprint density at radius 3 is 2.71 bits per heavy atom. The highest BCUT2D eigenvalue weighted by Crippen LogP contribution is 2.34. The minimum atomic E-state index is -0.0538. The molecule has 28 heavy (non-hydrogen) atoms. The van der Waals surface area contributed by atoms with Crippen molar-refractivity contribution in [3.8, 4) is 11.3 Å². The largest absolute Gasteiger partial charge is 0.355 e. The van der Waals surface area contributed by atoms with Crippen LogP contribution in [0.15, 0.2) is 36.4 Å². The van der Waals surface area contributed by atoms with Crippen molar-refractivity contribution in [1.82, 2.24) is 20.1 Å². The number of benzene rings is 2. The molecule has 1 aromatic heterocycles. The number of aromatic nitrogens is 1. The van der Waals surface area contributed by atoms with Gasteiger partial charge in [0, 0.05) is 72.0 Å². The first-order valence-electron chi connectivity index (χ1n) is 9.71.